The fourth-order valence-corrected chi connectivity index (χ4v) is 6.09. The van der Waals surface area contributed by atoms with Crippen LogP contribution in [-0.2, 0) is 23.2 Å². The van der Waals surface area contributed by atoms with E-state index in [1.54, 1.807) is 65.6 Å². The molecule has 0 aliphatic carbocycles. The lowest BCUT2D eigenvalue weighted by molar-refractivity contribution is -0.112. The largest absolute Gasteiger partial charge is 0.340 e. The van der Waals surface area contributed by atoms with Crippen molar-refractivity contribution in [3.8, 4) is 22.4 Å². The van der Waals surface area contributed by atoms with Crippen LogP contribution in [0.5, 0.6) is 0 Å². The molecule has 4 heterocycles. The Kier molecular flexibility index (Phi) is 13.1. The Morgan fingerprint density at radius 1 is 0.754 bits per heavy atom. The van der Waals surface area contributed by atoms with E-state index >= 15 is 4.39 Å². The third-order valence-corrected chi connectivity index (χ3v) is 8.95. The van der Waals surface area contributed by atoms with Gasteiger partial charge in [-0.25, -0.2) is 19.3 Å². The van der Waals surface area contributed by atoms with E-state index in [0.717, 1.165) is 16.8 Å². The topological polar surface area (TPSA) is 185 Å². The molecule has 0 unspecified atom stereocenters. The fraction of sp³-hybridized carbons (Fsp3) is 0.116. The number of carbonyl (C=O) groups is 2. The Morgan fingerprint density at radius 3 is 2.21 bits per heavy atom. The minimum absolute atomic E-state index is 0.0846. The highest BCUT2D eigenvalue weighted by Crippen LogP contribution is 2.34. The molecule has 3 aromatic carbocycles. The molecule has 2 amide bonds. The van der Waals surface area contributed by atoms with Gasteiger partial charge in [0.05, 0.1) is 47.2 Å². The van der Waals surface area contributed by atoms with E-state index in [9.17, 15) is 9.59 Å². The molecule has 0 aliphatic rings. The van der Waals surface area contributed by atoms with E-state index in [2.05, 4.69) is 56.7 Å². The van der Waals surface area contributed by atoms with E-state index in [1.807, 2.05) is 67.5 Å². The van der Waals surface area contributed by atoms with Gasteiger partial charge >= 0.3 is 0 Å². The van der Waals surface area contributed by atoms with Crippen molar-refractivity contribution in [1.29, 1.82) is 0 Å². The number of carbonyl (C=O) groups excluding carboxylic acids is 2. The Hall–Kier alpha value is -7.76. The average Bonchev–Trinajstić information content (AvgIpc) is 3.87. The zero-order chi connectivity index (χ0) is 42.7. The average molecular weight is 839 g/mol. The molecule has 5 N–H and O–H groups in total. The molecule has 0 radical (unpaired) electrons. The Labute approximate surface area is 355 Å². The van der Waals surface area contributed by atoms with E-state index in [1.165, 1.54) is 36.5 Å². The first-order valence-corrected chi connectivity index (χ1v) is 19.2. The van der Waals surface area contributed by atoms with Gasteiger partial charge in [-0.1, -0.05) is 60.2 Å². The van der Waals surface area contributed by atoms with E-state index < -0.39 is 11.7 Å². The lowest BCUT2D eigenvalue weighted by Gasteiger charge is -2.15. The van der Waals surface area contributed by atoms with Crippen molar-refractivity contribution >= 4 is 69.6 Å². The van der Waals surface area contributed by atoms with Crippen molar-refractivity contribution in [3.63, 3.8) is 0 Å². The van der Waals surface area contributed by atoms with Crippen LogP contribution in [0.25, 0.3) is 22.4 Å². The van der Waals surface area contributed by atoms with Crippen molar-refractivity contribution in [3.05, 3.63) is 145 Å². The third-order valence-electron chi connectivity index (χ3n) is 8.68. The number of amides is 2. The Bertz CT molecular complexity index is 2720. The Balaban J connectivity index is 0.968. The number of nitrogens with zero attached hydrogens (tertiary/aromatic N) is 9. The van der Waals surface area contributed by atoms with Crippen molar-refractivity contribution < 1.29 is 14.0 Å². The fourth-order valence-electron chi connectivity index (χ4n) is 5.90. The smallest absolute Gasteiger partial charge is 0.248 e. The maximum Gasteiger partial charge on any atom is 0.248 e. The van der Waals surface area contributed by atoms with E-state index in [0.29, 0.717) is 41.1 Å². The van der Waals surface area contributed by atoms with Crippen molar-refractivity contribution in [2.45, 2.75) is 6.54 Å². The van der Waals surface area contributed by atoms with Gasteiger partial charge in [0, 0.05) is 72.5 Å². The number of rotatable bonds is 16. The number of nitrogens with one attached hydrogen (secondary N) is 5. The summed E-state index contributed by atoms with van der Waals surface area (Å²) < 4.78 is 18.3. The predicted molar refractivity (Wildman–Crippen MR) is 236 cm³/mol. The van der Waals surface area contributed by atoms with Crippen LogP contribution >= 0.6 is 11.6 Å². The summed E-state index contributed by atoms with van der Waals surface area (Å²) in [5.74, 6) is -0.216. The highest BCUT2D eigenvalue weighted by Gasteiger charge is 2.15. The number of hydrogen-bond acceptors (Lipinski definition) is 12. The first-order valence-electron chi connectivity index (χ1n) is 18.8. The summed E-state index contributed by atoms with van der Waals surface area (Å²) >= 11 is 6.37. The number of aryl methyl sites for hydroxylation is 1. The highest BCUT2D eigenvalue weighted by atomic mass is 35.5. The van der Waals surface area contributed by atoms with Crippen LogP contribution in [0, 0.1) is 5.82 Å². The summed E-state index contributed by atoms with van der Waals surface area (Å²) in [4.78, 5) is 45.0. The summed E-state index contributed by atoms with van der Waals surface area (Å²) in [7, 11) is 5.64. The van der Waals surface area contributed by atoms with Crippen molar-refractivity contribution in [1.82, 2.24) is 44.4 Å². The molecule has 7 aromatic rings. The maximum atomic E-state index is 15.0. The van der Waals surface area contributed by atoms with Gasteiger partial charge in [0.2, 0.25) is 23.7 Å². The molecule has 61 heavy (non-hydrogen) atoms. The zero-order valence-electron chi connectivity index (χ0n) is 33.2. The second-order valence-electron chi connectivity index (χ2n) is 13.8. The molecule has 7 rings (SSSR count). The van der Waals surface area contributed by atoms with Crippen LogP contribution < -0.4 is 26.6 Å². The first kappa shape index (κ1) is 41.4. The number of hydrogen-bond donors (Lipinski definition) is 5. The third kappa shape index (κ3) is 11.5. The number of halogens is 2. The van der Waals surface area contributed by atoms with Crippen LogP contribution in [0.15, 0.2) is 134 Å². The van der Waals surface area contributed by atoms with Crippen LogP contribution in [0.3, 0.4) is 0 Å². The van der Waals surface area contributed by atoms with Gasteiger partial charge in [-0.3, -0.25) is 19.0 Å². The van der Waals surface area contributed by atoms with E-state index in [4.69, 9.17) is 11.6 Å². The van der Waals surface area contributed by atoms with Gasteiger partial charge in [-0.05, 0) is 56.1 Å². The molecule has 18 heteroatoms. The number of aromatic nitrogens is 8. The van der Waals surface area contributed by atoms with E-state index in [-0.39, 0.29) is 34.7 Å². The summed E-state index contributed by atoms with van der Waals surface area (Å²) in [6.07, 6.45) is 16.0. The molecule has 0 saturated carbocycles. The highest BCUT2D eigenvalue weighted by molar-refractivity contribution is 6.33. The first-order chi connectivity index (χ1) is 29.5. The molecule has 0 bridgehead atoms. The standard InChI is InChI=1S/C43H40ClFN14O2/c1-57(2)19-7-11-39(60)51-30-13-15-33(28-9-5-4-6-10-28)37(22-30)54-38-17-18-46-42(55-38)53-32-24-49-59(27-32)20-8-12-40(61)50-29-14-16-36(45)34(21-29)41-35(44)25-47-43(56-41)52-31-23-48-58(3)26-31/h4-18,21-27H,19-20H2,1-3H3,(H,50,61)(H,51,60)(H,47,52,56)(H2,46,53,54,55)/b11-7+,12-8+. The van der Waals surface area contributed by atoms with Crippen LogP contribution in [-0.4, -0.2) is 76.9 Å². The Morgan fingerprint density at radius 2 is 1.46 bits per heavy atom. The minimum Gasteiger partial charge on any atom is -0.340 e. The monoisotopic (exact) mass is 838 g/mol. The lowest BCUT2D eigenvalue weighted by atomic mass is 10.0. The molecule has 0 atom stereocenters. The molecule has 16 nitrogen and oxygen atoms in total. The normalized spacial score (nSPS) is 11.3. The van der Waals surface area contributed by atoms with Crippen LogP contribution in [0.2, 0.25) is 5.02 Å². The lowest BCUT2D eigenvalue weighted by Crippen LogP contribution is -2.13. The summed E-state index contributed by atoms with van der Waals surface area (Å²) in [5.41, 5.74) is 5.08. The van der Waals surface area contributed by atoms with Gasteiger partial charge in [-0.15, -0.1) is 0 Å². The second-order valence-corrected chi connectivity index (χ2v) is 14.2. The van der Waals surface area contributed by atoms with Gasteiger partial charge in [0.15, 0.2) is 0 Å². The zero-order valence-corrected chi connectivity index (χ0v) is 34.0. The maximum absolute atomic E-state index is 15.0. The summed E-state index contributed by atoms with van der Waals surface area (Å²) in [6.45, 7) is 0.921. The molecule has 0 spiro atoms. The molecule has 0 fully saturated rings. The van der Waals surface area contributed by atoms with Gasteiger partial charge in [0.25, 0.3) is 0 Å². The van der Waals surface area contributed by atoms with Crippen LogP contribution in [0.4, 0.5) is 50.5 Å². The number of anilines is 8. The number of likely N-dealkylation sites (N-methyl/N-ethyl adjacent to an activating group) is 1. The molecular formula is C43H40ClFN14O2. The molecular weight excluding hydrogens is 799 g/mol. The SMILES string of the molecule is CN(C)C/C=C/C(=O)Nc1ccc(-c2ccccc2)c(Nc2ccnc(Nc3cnn(C/C=C/C(=O)Nc4ccc(F)c(-c5nc(Nc6cnn(C)c6)ncc5Cl)c4)c3)n2)c1. The van der Waals surface area contributed by atoms with Gasteiger partial charge < -0.3 is 31.5 Å². The number of benzene rings is 3. The molecule has 4 aromatic heterocycles. The summed E-state index contributed by atoms with van der Waals surface area (Å²) in [6, 6.07) is 21.4. The van der Waals surface area contributed by atoms with Gasteiger partial charge in [-0.2, -0.15) is 15.2 Å². The summed E-state index contributed by atoms with van der Waals surface area (Å²) in [5, 5.41) is 23.8. The minimum atomic E-state index is -0.577. The van der Waals surface area contributed by atoms with Crippen molar-refractivity contribution in [2.24, 2.45) is 7.05 Å². The number of allylic oxidation sites excluding steroid dienone is 1. The van der Waals surface area contributed by atoms with Crippen molar-refractivity contribution in [2.75, 3.05) is 47.2 Å². The second kappa shape index (κ2) is 19.3. The molecule has 0 saturated heterocycles. The molecule has 0 aliphatic heterocycles. The predicted octanol–water partition coefficient (Wildman–Crippen LogP) is 7.81. The quantitative estimate of drug-likeness (QED) is 0.0596. The van der Waals surface area contributed by atoms with Crippen LogP contribution in [0.1, 0.15) is 0 Å². The van der Waals surface area contributed by atoms with Gasteiger partial charge in [0.1, 0.15) is 11.6 Å². The molecule has 308 valence electrons.